The Balaban J connectivity index is 1.53. The average Bonchev–Trinajstić information content (AvgIpc) is 3.74. The summed E-state index contributed by atoms with van der Waals surface area (Å²) in [7, 11) is 0. The van der Waals surface area contributed by atoms with Crippen molar-refractivity contribution in [1.82, 2.24) is 5.32 Å². The molecule has 0 aromatic heterocycles. The molecular formula is C30H30F3NO5. The average molecular weight is 542 g/mol. The lowest BCUT2D eigenvalue weighted by atomic mass is 9.92. The van der Waals surface area contributed by atoms with Gasteiger partial charge in [-0.3, -0.25) is 9.59 Å². The minimum Gasteiger partial charge on any atom is -0.493 e. The highest BCUT2D eigenvalue weighted by Gasteiger charge is 2.30. The smallest absolute Gasteiger partial charge is 0.416 e. The molecule has 39 heavy (non-hydrogen) atoms. The van der Waals surface area contributed by atoms with Gasteiger partial charge >= 0.3 is 18.1 Å². The van der Waals surface area contributed by atoms with Crippen molar-refractivity contribution in [2.45, 2.75) is 45.0 Å². The Morgan fingerprint density at radius 1 is 0.974 bits per heavy atom. The molecule has 0 radical (unpaired) electrons. The summed E-state index contributed by atoms with van der Waals surface area (Å²) in [5, 5.41) is 12.7. The molecule has 0 atom stereocenters. The third kappa shape index (κ3) is 8.32. The van der Waals surface area contributed by atoms with E-state index < -0.39 is 17.7 Å². The van der Waals surface area contributed by atoms with Crippen molar-refractivity contribution in [3.8, 4) is 16.9 Å². The van der Waals surface area contributed by atoms with Crippen LogP contribution in [0.1, 0.15) is 41.5 Å². The number of carboxylic acid groups (broad SMARTS) is 1. The predicted octanol–water partition coefficient (Wildman–Crippen LogP) is 6.01. The van der Waals surface area contributed by atoms with E-state index in [4.69, 9.17) is 9.47 Å². The number of alkyl halides is 3. The van der Waals surface area contributed by atoms with Crippen LogP contribution in [0.3, 0.4) is 0 Å². The highest BCUT2D eigenvalue weighted by Crippen LogP contribution is 2.39. The Morgan fingerprint density at radius 3 is 2.33 bits per heavy atom. The molecule has 1 saturated carbocycles. The van der Waals surface area contributed by atoms with Crippen LogP contribution < -0.4 is 10.1 Å². The molecule has 0 bridgehead atoms. The maximum absolute atomic E-state index is 13.2. The van der Waals surface area contributed by atoms with Gasteiger partial charge in [0.15, 0.2) is 0 Å². The molecule has 6 nitrogen and oxygen atoms in total. The van der Waals surface area contributed by atoms with Crippen LogP contribution in [0, 0.1) is 5.92 Å². The van der Waals surface area contributed by atoms with Crippen LogP contribution in [0.25, 0.3) is 11.1 Å². The highest BCUT2D eigenvalue weighted by atomic mass is 19.4. The fourth-order valence-corrected chi connectivity index (χ4v) is 4.17. The molecule has 1 fully saturated rings. The lowest BCUT2D eigenvalue weighted by Crippen LogP contribution is -2.21. The number of carbonyl (C=O) groups excluding carboxylic acids is 1. The van der Waals surface area contributed by atoms with Crippen LogP contribution in [-0.4, -0.2) is 30.2 Å². The van der Waals surface area contributed by atoms with Crippen LogP contribution >= 0.6 is 0 Å². The number of aliphatic carboxylic acids is 1. The van der Waals surface area contributed by atoms with Crippen LogP contribution in [-0.2, 0) is 40.1 Å². The normalized spacial score (nSPS) is 13.2. The van der Waals surface area contributed by atoms with Crippen molar-refractivity contribution in [3.63, 3.8) is 0 Å². The molecule has 0 saturated heterocycles. The van der Waals surface area contributed by atoms with Crippen LogP contribution in [0.4, 0.5) is 13.2 Å². The summed E-state index contributed by atoms with van der Waals surface area (Å²) in [6, 6.07) is 17.4. The van der Waals surface area contributed by atoms with Crippen molar-refractivity contribution in [3.05, 3.63) is 89.0 Å². The SMILES string of the molecule is O=C(O)Cc1ccc(OCC2CC2)c(-c2ccc(C(F)(F)F)cc2)c1CNCCC(=O)OCc1ccccc1. The van der Waals surface area contributed by atoms with E-state index in [1.165, 1.54) is 12.1 Å². The van der Waals surface area contributed by atoms with Crippen LogP contribution in [0.5, 0.6) is 5.75 Å². The number of esters is 1. The van der Waals surface area contributed by atoms with Crippen LogP contribution in [0.15, 0.2) is 66.7 Å². The summed E-state index contributed by atoms with van der Waals surface area (Å²) in [4.78, 5) is 23.8. The van der Waals surface area contributed by atoms with Gasteiger partial charge in [-0.2, -0.15) is 13.2 Å². The molecule has 9 heteroatoms. The molecule has 3 aromatic carbocycles. The minimum atomic E-state index is -4.48. The van der Waals surface area contributed by atoms with Gasteiger partial charge in [0.1, 0.15) is 12.4 Å². The first-order valence-electron chi connectivity index (χ1n) is 12.8. The van der Waals surface area contributed by atoms with Crippen LogP contribution in [0.2, 0.25) is 0 Å². The van der Waals surface area contributed by atoms with Crippen molar-refractivity contribution in [2.24, 2.45) is 5.92 Å². The summed E-state index contributed by atoms with van der Waals surface area (Å²) >= 11 is 0. The van der Waals surface area contributed by atoms with Gasteiger partial charge in [0.2, 0.25) is 0 Å². The lowest BCUT2D eigenvalue weighted by molar-refractivity contribution is -0.145. The summed E-state index contributed by atoms with van der Waals surface area (Å²) in [5.41, 5.74) is 2.24. The molecule has 1 aliphatic carbocycles. The Labute approximate surface area is 224 Å². The van der Waals surface area contributed by atoms with Gasteiger partial charge in [-0.1, -0.05) is 48.5 Å². The summed E-state index contributed by atoms with van der Waals surface area (Å²) in [6.07, 6.45) is -2.54. The van der Waals surface area contributed by atoms with E-state index >= 15 is 0 Å². The standard InChI is InChI=1S/C30H30F3NO5/c31-30(32,33)24-11-8-22(9-12-24)29-25(17-34-15-14-28(37)39-19-20-4-2-1-3-5-20)23(16-27(35)36)10-13-26(29)38-18-21-6-7-21/h1-5,8-13,21,34H,6-7,14-19H2,(H,35,36). The van der Waals surface area contributed by atoms with Crippen molar-refractivity contribution in [2.75, 3.05) is 13.2 Å². The number of hydrogen-bond donors (Lipinski definition) is 2. The number of ether oxygens (including phenoxy) is 2. The van der Waals surface area contributed by atoms with E-state index in [9.17, 15) is 27.9 Å². The number of carboxylic acids is 1. The van der Waals surface area contributed by atoms with E-state index in [-0.39, 0.29) is 38.5 Å². The van der Waals surface area contributed by atoms with Gasteiger partial charge in [-0.15, -0.1) is 0 Å². The van der Waals surface area contributed by atoms with Crippen molar-refractivity contribution < 1.29 is 37.3 Å². The summed E-state index contributed by atoms with van der Waals surface area (Å²) in [5.74, 6) is -0.505. The van der Waals surface area contributed by atoms with E-state index in [2.05, 4.69) is 5.32 Å². The van der Waals surface area contributed by atoms with Crippen molar-refractivity contribution >= 4 is 11.9 Å². The first-order valence-corrected chi connectivity index (χ1v) is 12.8. The number of halogens is 3. The highest BCUT2D eigenvalue weighted by molar-refractivity contribution is 5.79. The number of carbonyl (C=O) groups is 2. The zero-order valence-corrected chi connectivity index (χ0v) is 21.3. The predicted molar refractivity (Wildman–Crippen MR) is 139 cm³/mol. The molecule has 206 valence electrons. The van der Waals surface area contributed by atoms with Gasteiger partial charge in [-0.05, 0) is 59.2 Å². The van der Waals surface area contributed by atoms with Gasteiger partial charge < -0.3 is 19.9 Å². The number of nitrogens with one attached hydrogen (secondary N) is 1. The number of rotatable bonds is 13. The zero-order valence-electron chi connectivity index (χ0n) is 21.3. The molecule has 0 amide bonds. The monoisotopic (exact) mass is 541 g/mol. The largest absolute Gasteiger partial charge is 0.493 e. The second-order valence-corrected chi connectivity index (χ2v) is 9.55. The second kappa shape index (κ2) is 12.8. The maximum atomic E-state index is 13.2. The molecule has 0 spiro atoms. The van der Waals surface area contributed by atoms with Gasteiger partial charge in [0, 0.05) is 18.7 Å². The first-order chi connectivity index (χ1) is 18.7. The first kappa shape index (κ1) is 28.2. The topological polar surface area (TPSA) is 84.9 Å². The Bertz CT molecular complexity index is 1270. The Hall–Kier alpha value is -3.85. The van der Waals surface area contributed by atoms with Gasteiger partial charge in [0.25, 0.3) is 0 Å². The molecule has 4 rings (SSSR count). The molecule has 0 aliphatic heterocycles. The number of hydrogen-bond acceptors (Lipinski definition) is 5. The second-order valence-electron chi connectivity index (χ2n) is 9.55. The maximum Gasteiger partial charge on any atom is 0.416 e. The Kier molecular flexibility index (Phi) is 9.24. The molecule has 3 aromatic rings. The Morgan fingerprint density at radius 2 is 1.69 bits per heavy atom. The van der Waals surface area contributed by atoms with E-state index in [0.717, 1.165) is 30.5 Å². The van der Waals surface area contributed by atoms with Gasteiger partial charge in [-0.25, -0.2) is 0 Å². The number of benzene rings is 3. The third-order valence-electron chi connectivity index (χ3n) is 6.44. The summed E-state index contributed by atoms with van der Waals surface area (Å²) in [6.45, 7) is 1.10. The molecule has 0 heterocycles. The quantitative estimate of drug-likeness (QED) is 0.204. The van der Waals surface area contributed by atoms with Gasteiger partial charge in [0.05, 0.1) is 25.0 Å². The van der Waals surface area contributed by atoms with E-state index in [1.807, 2.05) is 30.3 Å². The fourth-order valence-electron chi connectivity index (χ4n) is 4.17. The zero-order chi connectivity index (χ0) is 27.8. The molecule has 2 N–H and O–H groups in total. The molecule has 1 aliphatic rings. The van der Waals surface area contributed by atoms with Crippen molar-refractivity contribution in [1.29, 1.82) is 0 Å². The third-order valence-corrected chi connectivity index (χ3v) is 6.44. The summed E-state index contributed by atoms with van der Waals surface area (Å²) < 4.78 is 50.9. The fraction of sp³-hybridized carbons (Fsp3) is 0.333. The minimum absolute atomic E-state index is 0.0918. The lowest BCUT2D eigenvalue weighted by Gasteiger charge is -2.20. The molecular weight excluding hydrogens is 511 g/mol. The van der Waals surface area contributed by atoms with E-state index in [0.29, 0.717) is 40.5 Å². The molecule has 0 unspecified atom stereocenters. The van der Waals surface area contributed by atoms with E-state index in [1.54, 1.807) is 12.1 Å².